The van der Waals surface area contributed by atoms with Crippen LogP contribution in [0.25, 0.3) is 0 Å². The fourth-order valence-corrected chi connectivity index (χ4v) is 3.46. The molecule has 3 unspecified atom stereocenters. The molecule has 0 aliphatic carbocycles. The van der Waals surface area contributed by atoms with Crippen molar-refractivity contribution in [2.75, 3.05) is 32.8 Å². The Morgan fingerprint density at radius 3 is 2.95 bits per heavy atom. The van der Waals surface area contributed by atoms with E-state index < -0.39 is 0 Å². The Hall–Kier alpha value is -0.650. The van der Waals surface area contributed by atoms with Crippen LogP contribution in [0.2, 0.25) is 0 Å². The Morgan fingerprint density at radius 1 is 1.55 bits per heavy atom. The summed E-state index contributed by atoms with van der Waals surface area (Å²) in [6.45, 7) is 6.98. The van der Waals surface area contributed by atoms with E-state index in [9.17, 15) is 9.90 Å². The van der Waals surface area contributed by atoms with Gasteiger partial charge in [0.15, 0.2) is 0 Å². The lowest BCUT2D eigenvalue weighted by Gasteiger charge is -2.45. The number of nitrogens with one attached hydrogen (secondary N) is 1. The SMILES string of the molecule is CCCC1(C(=O)N2CC(CO)OCC2C)CCCNC1. The fourth-order valence-electron chi connectivity index (χ4n) is 3.46. The third kappa shape index (κ3) is 3.15. The molecule has 5 nitrogen and oxygen atoms in total. The van der Waals surface area contributed by atoms with E-state index in [0.29, 0.717) is 13.2 Å². The smallest absolute Gasteiger partial charge is 0.230 e. The number of hydrogen-bond donors (Lipinski definition) is 2. The summed E-state index contributed by atoms with van der Waals surface area (Å²) in [6.07, 6.45) is 3.77. The lowest BCUT2D eigenvalue weighted by molar-refractivity contribution is -0.158. The number of aliphatic hydroxyl groups excluding tert-OH is 1. The second kappa shape index (κ2) is 6.87. The highest BCUT2D eigenvalue weighted by Crippen LogP contribution is 2.35. The molecule has 0 saturated carbocycles. The topological polar surface area (TPSA) is 61.8 Å². The molecule has 0 aromatic rings. The highest BCUT2D eigenvalue weighted by molar-refractivity contribution is 5.83. The van der Waals surface area contributed by atoms with E-state index in [1.165, 1.54) is 0 Å². The molecule has 20 heavy (non-hydrogen) atoms. The van der Waals surface area contributed by atoms with Gasteiger partial charge in [0.2, 0.25) is 5.91 Å². The number of aliphatic hydroxyl groups is 1. The van der Waals surface area contributed by atoms with Crippen LogP contribution < -0.4 is 5.32 Å². The largest absolute Gasteiger partial charge is 0.394 e. The van der Waals surface area contributed by atoms with E-state index in [1.807, 2.05) is 11.8 Å². The van der Waals surface area contributed by atoms with Gasteiger partial charge in [0.1, 0.15) is 0 Å². The van der Waals surface area contributed by atoms with Gasteiger partial charge in [-0.05, 0) is 32.7 Å². The monoisotopic (exact) mass is 284 g/mol. The molecule has 0 aromatic heterocycles. The van der Waals surface area contributed by atoms with Crippen molar-refractivity contribution in [1.82, 2.24) is 10.2 Å². The molecule has 0 bridgehead atoms. The van der Waals surface area contributed by atoms with E-state index in [-0.39, 0.29) is 30.1 Å². The highest BCUT2D eigenvalue weighted by atomic mass is 16.5. The van der Waals surface area contributed by atoms with Crippen molar-refractivity contribution in [2.45, 2.75) is 51.7 Å². The zero-order valence-corrected chi connectivity index (χ0v) is 12.7. The van der Waals surface area contributed by atoms with E-state index in [4.69, 9.17) is 4.74 Å². The minimum Gasteiger partial charge on any atom is -0.394 e. The van der Waals surface area contributed by atoms with Crippen molar-refractivity contribution < 1.29 is 14.6 Å². The van der Waals surface area contributed by atoms with Crippen molar-refractivity contribution in [2.24, 2.45) is 5.41 Å². The molecular formula is C15H28N2O3. The first kappa shape index (κ1) is 15.7. The number of amides is 1. The molecule has 2 rings (SSSR count). The molecule has 2 N–H and O–H groups in total. The first-order valence-corrected chi connectivity index (χ1v) is 7.87. The average Bonchev–Trinajstić information content (AvgIpc) is 2.48. The highest BCUT2D eigenvalue weighted by Gasteiger charge is 2.44. The third-order valence-corrected chi connectivity index (χ3v) is 4.62. The van der Waals surface area contributed by atoms with Gasteiger partial charge in [-0.3, -0.25) is 4.79 Å². The van der Waals surface area contributed by atoms with Gasteiger partial charge in [-0.2, -0.15) is 0 Å². The molecule has 2 aliphatic rings. The van der Waals surface area contributed by atoms with Crippen LogP contribution in [0.1, 0.15) is 39.5 Å². The standard InChI is InChI=1S/C15H28N2O3/c1-3-5-15(6-4-7-16-11-15)14(19)17-8-13(9-18)20-10-12(17)2/h12-13,16,18H,3-11H2,1-2H3. The van der Waals surface area contributed by atoms with Gasteiger partial charge in [0.05, 0.1) is 30.8 Å². The van der Waals surface area contributed by atoms with Gasteiger partial charge in [-0.15, -0.1) is 0 Å². The summed E-state index contributed by atoms with van der Waals surface area (Å²) in [5, 5.41) is 12.7. The Bertz CT molecular complexity index is 324. The summed E-state index contributed by atoms with van der Waals surface area (Å²) in [5.41, 5.74) is -0.251. The van der Waals surface area contributed by atoms with Gasteiger partial charge in [-0.25, -0.2) is 0 Å². The second-order valence-electron chi connectivity index (χ2n) is 6.26. The minimum atomic E-state index is -0.251. The number of carbonyl (C=O) groups is 1. The molecule has 0 aromatic carbocycles. The van der Waals surface area contributed by atoms with Gasteiger partial charge in [0.25, 0.3) is 0 Å². The van der Waals surface area contributed by atoms with Crippen molar-refractivity contribution in [3.05, 3.63) is 0 Å². The molecule has 5 heteroatoms. The van der Waals surface area contributed by atoms with Gasteiger partial charge >= 0.3 is 0 Å². The van der Waals surface area contributed by atoms with Crippen molar-refractivity contribution in [3.8, 4) is 0 Å². The molecule has 2 heterocycles. The molecular weight excluding hydrogens is 256 g/mol. The average molecular weight is 284 g/mol. The second-order valence-corrected chi connectivity index (χ2v) is 6.26. The summed E-state index contributed by atoms with van der Waals surface area (Å²) >= 11 is 0. The van der Waals surface area contributed by atoms with Crippen LogP contribution in [0.3, 0.4) is 0 Å². The Labute approximate surface area is 121 Å². The molecule has 2 aliphatic heterocycles. The van der Waals surface area contributed by atoms with Gasteiger partial charge in [-0.1, -0.05) is 13.3 Å². The maximum Gasteiger partial charge on any atom is 0.230 e. The Balaban J connectivity index is 2.13. The maximum absolute atomic E-state index is 13.1. The molecule has 0 radical (unpaired) electrons. The number of rotatable bonds is 4. The van der Waals surface area contributed by atoms with Gasteiger partial charge < -0.3 is 20.1 Å². The maximum atomic E-state index is 13.1. The predicted molar refractivity (Wildman–Crippen MR) is 77.4 cm³/mol. The minimum absolute atomic E-state index is 0.0183. The summed E-state index contributed by atoms with van der Waals surface area (Å²) in [4.78, 5) is 15.0. The number of ether oxygens (including phenoxy) is 1. The summed E-state index contributed by atoms with van der Waals surface area (Å²) in [6, 6.07) is 0.0981. The zero-order valence-electron chi connectivity index (χ0n) is 12.7. The van der Waals surface area contributed by atoms with Crippen LogP contribution in [0, 0.1) is 5.41 Å². The summed E-state index contributed by atoms with van der Waals surface area (Å²) < 4.78 is 5.54. The van der Waals surface area contributed by atoms with E-state index in [0.717, 1.165) is 38.8 Å². The summed E-state index contributed by atoms with van der Waals surface area (Å²) in [7, 11) is 0. The number of hydrogen-bond acceptors (Lipinski definition) is 4. The van der Waals surface area contributed by atoms with E-state index in [2.05, 4.69) is 12.2 Å². The first-order chi connectivity index (χ1) is 9.63. The lowest BCUT2D eigenvalue weighted by Crippen LogP contribution is -2.59. The fraction of sp³-hybridized carbons (Fsp3) is 0.933. The first-order valence-electron chi connectivity index (χ1n) is 7.87. The quantitative estimate of drug-likeness (QED) is 0.800. The van der Waals surface area contributed by atoms with Crippen LogP contribution in [0.4, 0.5) is 0 Å². The number of piperidine rings is 1. The predicted octanol–water partition coefficient (Wildman–Crippen LogP) is 0.764. The normalized spacial score (nSPS) is 35.0. The van der Waals surface area contributed by atoms with E-state index in [1.54, 1.807) is 0 Å². The Kier molecular flexibility index (Phi) is 5.41. The van der Waals surface area contributed by atoms with Crippen molar-refractivity contribution in [3.63, 3.8) is 0 Å². The van der Waals surface area contributed by atoms with Crippen LogP contribution >= 0.6 is 0 Å². The molecule has 1 amide bonds. The number of carbonyl (C=O) groups excluding carboxylic acids is 1. The number of nitrogens with zero attached hydrogens (tertiary/aromatic N) is 1. The molecule has 3 atom stereocenters. The molecule has 116 valence electrons. The molecule has 2 fully saturated rings. The third-order valence-electron chi connectivity index (χ3n) is 4.62. The van der Waals surface area contributed by atoms with Crippen molar-refractivity contribution in [1.29, 1.82) is 0 Å². The van der Waals surface area contributed by atoms with Gasteiger partial charge in [0, 0.05) is 13.1 Å². The number of morpholine rings is 1. The van der Waals surface area contributed by atoms with Crippen molar-refractivity contribution >= 4 is 5.91 Å². The Morgan fingerprint density at radius 2 is 2.35 bits per heavy atom. The zero-order chi connectivity index (χ0) is 14.6. The van der Waals surface area contributed by atoms with Crippen LogP contribution in [-0.4, -0.2) is 60.9 Å². The molecule has 2 saturated heterocycles. The van der Waals surface area contributed by atoms with Crippen LogP contribution in [0.5, 0.6) is 0 Å². The molecule has 0 spiro atoms. The van der Waals surface area contributed by atoms with E-state index >= 15 is 0 Å². The lowest BCUT2D eigenvalue weighted by atomic mass is 9.75. The van der Waals surface area contributed by atoms with Crippen LogP contribution in [-0.2, 0) is 9.53 Å². The summed E-state index contributed by atoms with van der Waals surface area (Å²) in [5.74, 6) is 0.251. The van der Waals surface area contributed by atoms with Crippen LogP contribution in [0.15, 0.2) is 0 Å².